The summed E-state index contributed by atoms with van der Waals surface area (Å²) in [6.45, 7) is 5.72. The Morgan fingerprint density at radius 1 is 1.50 bits per heavy atom. The summed E-state index contributed by atoms with van der Waals surface area (Å²) in [6, 6.07) is 0.185. The predicted molar refractivity (Wildman–Crippen MR) is 84.2 cm³/mol. The Hall–Kier alpha value is -1.93. The first kappa shape index (κ1) is 13.7. The molecule has 7 nitrogen and oxygen atoms in total. The Morgan fingerprint density at radius 3 is 3.23 bits per heavy atom. The van der Waals surface area contributed by atoms with E-state index in [1.165, 1.54) is 0 Å². The Labute approximate surface area is 132 Å². The van der Waals surface area contributed by atoms with Crippen molar-refractivity contribution >= 4 is 21.4 Å². The first-order valence-corrected chi connectivity index (χ1v) is 8.28. The van der Waals surface area contributed by atoms with Crippen LogP contribution in [0, 0.1) is 6.92 Å². The summed E-state index contributed by atoms with van der Waals surface area (Å²) in [5.74, 6) is 0.981. The van der Waals surface area contributed by atoms with E-state index in [0.29, 0.717) is 0 Å². The largest absolute Gasteiger partial charge is 0.368 e. The van der Waals surface area contributed by atoms with E-state index in [1.54, 1.807) is 11.3 Å². The van der Waals surface area contributed by atoms with E-state index in [4.69, 9.17) is 4.74 Å². The maximum atomic E-state index is 5.91. The molecule has 116 valence electrons. The van der Waals surface area contributed by atoms with Gasteiger partial charge in [-0.25, -0.2) is 14.5 Å². The van der Waals surface area contributed by atoms with Gasteiger partial charge >= 0.3 is 0 Å². The number of anilines is 1. The highest BCUT2D eigenvalue weighted by Crippen LogP contribution is 2.31. The van der Waals surface area contributed by atoms with Crippen LogP contribution in [0.5, 0.6) is 0 Å². The van der Waals surface area contributed by atoms with Crippen LogP contribution >= 0.6 is 11.3 Å². The van der Waals surface area contributed by atoms with Gasteiger partial charge in [0.1, 0.15) is 11.9 Å². The van der Waals surface area contributed by atoms with Crippen molar-refractivity contribution in [2.45, 2.75) is 39.0 Å². The summed E-state index contributed by atoms with van der Waals surface area (Å²) in [7, 11) is 0. The third-order valence-corrected chi connectivity index (χ3v) is 4.76. The molecule has 1 aliphatic rings. The molecule has 4 rings (SSSR count). The number of ether oxygens (including phenoxy) is 1. The minimum Gasteiger partial charge on any atom is -0.368 e. The van der Waals surface area contributed by atoms with Crippen LogP contribution in [0.25, 0.3) is 4.96 Å². The third-order valence-electron chi connectivity index (χ3n) is 3.91. The minimum atomic E-state index is -0.0343. The van der Waals surface area contributed by atoms with Gasteiger partial charge < -0.3 is 14.6 Å². The van der Waals surface area contributed by atoms with Crippen LogP contribution < -0.4 is 5.32 Å². The van der Waals surface area contributed by atoms with Crippen LogP contribution in [0.15, 0.2) is 18.6 Å². The zero-order valence-electron chi connectivity index (χ0n) is 12.6. The highest BCUT2D eigenvalue weighted by Gasteiger charge is 2.33. The van der Waals surface area contributed by atoms with Crippen molar-refractivity contribution in [1.82, 2.24) is 24.1 Å². The van der Waals surface area contributed by atoms with Crippen molar-refractivity contribution < 1.29 is 4.74 Å². The minimum absolute atomic E-state index is 0.0343. The van der Waals surface area contributed by atoms with Gasteiger partial charge in [-0.15, -0.1) is 5.10 Å². The Morgan fingerprint density at radius 2 is 2.41 bits per heavy atom. The monoisotopic (exact) mass is 318 g/mol. The zero-order chi connectivity index (χ0) is 15.1. The van der Waals surface area contributed by atoms with Crippen LogP contribution in [0.4, 0.5) is 5.13 Å². The van der Waals surface area contributed by atoms with Gasteiger partial charge in [0.2, 0.25) is 10.1 Å². The molecule has 0 aliphatic carbocycles. The van der Waals surface area contributed by atoms with E-state index < -0.39 is 0 Å². The highest BCUT2D eigenvalue weighted by molar-refractivity contribution is 7.20. The molecule has 22 heavy (non-hydrogen) atoms. The second-order valence-corrected chi connectivity index (χ2v) is 6.37. The second kappa shape index (κ2) is 5.36. The van der Waals surface area contributed by atoms with E-state index in [2.05, 4.69) is 31.9 Å². The van der Waals surface area contributed by atoms with E-state index in [9.17, 15) is 0 Å². The molecule has 0 unspecified atom stereocenters. The molecule has 4 heterocycles. The third kappa shape index (κ3) is 2.28. The molecule has 0 radical (unpaired) electrons. The Bertz CT molecular complexity index is 759. The number of hydrogen-bond donors (Lipinski definition) is 1. The van der Waals surface area contributed by atoms with E-state index >= 15 is 0 Å². The SMILES string of the molecule is CCn1ccnc1[C@H]1OCC[C@@H]1Nc1nn2cc(C)nc2s1. The number of imidazole rings is 2. The molecule has 1 aliphatic heterocycles. The van der Waals surface area contributed by atoms with Gasteiger partial charge in [-0.05, 0) is 20.3 Å². The average Bonchev–Trinajstić information content (AvgIpc) is 3.21. The fraction of sp³-hybridized carbons (Fsp3) is 0.500. The molecular formula is C14H18N6OS. The van der Waals surface area contributed by atoms with Crippen molar-refractivity contribution in [2.24, 2.45) is 0 Å². The molecule has 3 aromatic rings. The van der Waals surface area contributed by atoms with Gasteiger partial charge in [0.25, 0.3) is 0 Å². The van der Waals surface area contributed by atoms with Gasteiger partial charge in [0, 0.05) is 25.5 Å². The lowest BCUT2D eigenvalue weighted by molar-refractivity contribution is 0.0976. The maximum Gasteiger partial charge on any atom is 0.214 e. The van der Waals surface area contributed by atoms with Crippen molar-refractivity contribution in [3.05, 3.63) is 30.1 Å². The smallest absolute Gasteiger partial charge is 0.214 e. The zero-order valence-corrected chi connectivity index (χ0v) is 13.4. The van der Waals surface area contributed by atoms with Gasteiger partial charge in [-0.3, -0.25) is 0 Å². The van der Waals surface area contributed by atoms with Crippen molar-refractivity contribution in [1.29, 1.82) is 0 Å². The number of nitrogens with one attached hydrogen (secondary N) is 1. The number of fused-ring (bicyclic) bond motifs is 1. The molecule has 2 atom stereocenters. The molecule has 1 saturated heterocycles. The molecule has 0 amide bonds. The number of nitrogens with zero attached hydrogens (tertiary/aromatic N) is 5. The predicted octanol–water partition coefficient (Wildman–Crippen LogP) is 2.26. The number of aryl methyl sites for hydroxylation is 2. The van der Waals surface area contributed by atoms with Crippen molar-refractivity contribution in [3.63, 3.8) is 0 Å². The summed E-state index contributed by atoms with van der Waals surface area (Å²) in [5, 5.41) is 8.90. The fourth-order valence-electron chi connectivity index (χ4n) is 2.86. The number of aromatic nitrogens is 5. The van der Waals surface area contributed by atoms with E-state index in [-0.39, 0.29) is 12.1 Å². The molecule has 0 saturated carbocycles. The van der Waals surface area contributed by atoms with Crippen molar-refractivity contribution in [2.75, 3.05) is 11.9 Å². The summed E-state index contributed by atoms with van der Waals surface area (Å²) >= 11 is 1.56. The number of rotatable bonds is 4. The van der Waals surface area contributed by atoms with Gasteiger partial charge in [-0.2, -0.15) is 0 Å². The first-order valence-electron chi connectivity index (χ1n) is 7.46. The average molecular weight is 318 g/mol. The molecule has 0 bridgehead atoms. The van der Waals surface area contributed by atoms with Gasteiger partial charge in [0.15, 0.2) is 0 Å². The van der Waals surface area contributed by atoms with Gasteiger partial charge in [0.05, 0.1) is 17.9 Å². The quantitative estimate of drug-likeness (QED) is 0.799. The molecule has 0 spiro atoms. The number of hydrogen-bond acceptors (Lipinski definition) is 6. The standard InChI is InChI=1S/C14H18N6OS/c1-3-19-6-5-15-12(19)11-10(4-7-21-11)17-13-18-20-8-9(2)16-14(20)22-13/h5-6,8,10-11H,3-4,7H2,1-2H3,(H,17,18)/t10-,11-/m0/s1. The molecular weight excluding hydrogens is 300 g/mol. The van der Waals surface area contributed by atoms with Crippen LogP contribution in [0.1, 0.15) is 31.0 Å². The lowest BCUT2D eigenvalue weighted by Gasteiger charge is -2.19. The summed E-state index contributed by atoms with van der Waals surface area (Å²) < 4.78 is 9.86. The van der Waals surface area contributed by atoms with Crippen LogP contribution in [-0.4, -0.2) is 36.8 Å². The highest BCUT2D eigenvalue weighted by atomic mass is 32.1. The Kier molecular flexibility index (Phi) is 3.34. The lowest BCUT2D eigenvalue weighted by atomic mass is 10.1. The van der Waals surface area contributed by atoms with Crippen LogP contribution in [-0.2, 0) is 11.3 Å². The molecule has 1 N–H and O–H groups in total. The molecule has 3 aromatic heterocycles. The van der Waals surface area contributed by atoms with Crippen molar-refractivity contribution in [3.8, 4) is 0 Å². The normalized spacial score (nSPS) is 21.7. The molecule has 8 heteroatoms. The lowest BCUT2D eigenvalue weighted by Crippen LogP contribution is -2.25. The summed E-state index contributed by atoms with van der Waals surface area (Å²) in [5.41, 5.74) is 0.984. The van der Waals surface area contributed by atoms with Gasteiger partial charge in [-0.1, -0.05) is 11.3 Å². The molecule has 0 aromatic carbocycles. The first-order chi connectivity index (χ1) is 10.7. The summed E-state index contributed by atoms with van der Waals surface area (Å²) in [4.78, 5) is 9.81. The van der Waals surface area contributed by atoms with E-state index in [1.807, 2.05) is 30.0 Å². The Balaban J connectivity index is 1.57. The second-order valence-electron chi connectivity index (χ2n) is 5.42. The molecule has 1 fully saturated rings. The van der Waals surface area contributed by atoms with Crippen LogP contribution in [0.2, 0.25) is 0 Å². The fourth-order valence-corrected chi connectivity index (χ4v) is 3.75. The van der Waals surface area contributed by atoms with Crippen LogP contribution in [0.3, 0.4) is 0 Å². The maximum absolute atomic E-state index is 5.91. The van der Waals surface area contributed by atoms with E-state index in [0.717, 1.165) is 41.2 Å². The topological polar surface area (TPSA) is 69.3 Å². The summed E-state index contributed by atoms with van der Waals surface area (Å²) in [6.07, 6.45) is 6.67.